The lowest BCUT2D eigenvalue weighted by molar-refractivity contribution is -0.138. The second-order valence-corrected chi connectivity index (χ2v) is 4.64. The number of halogens is 1. The van der Waals surface area contributed by atoms with Gasteiger partial charge in [0.15, 0.2) is 0 Å². The van der Waals surface area contributed by atoms with E-state index in [4.69, 9.17) is 10.8 Å². The zero-order valence-corrected chi connectivity index (χ0v) is 10.4. The van der Waals surface area contributed by atoms with Gasteiger partial charge in [0.1, 0.15) is 11.6 Å². The van der Waals surface area contributed by atoms with Gasteiger partial charge in [0.25, 0.3) is 0 Å². The van der Waals surface area contributed by atoms with Crippen molar-refractivity contribution >= 4 is 32.8 Å². The zero-order valence-electron chi connectivity index (χ0n) is 8.80. The molecule has 1 unspecified atom stereocenters. The van der Waals surface area contributed by atoms with Gasteiger partial charge in [0, 0.05) is 22.5 Å². The molecule has 6 heteroatoms. The van der Waals surface area contributed by atoms with Gasteiger partial charge < -0.3 is 16.0 Å². The molecule has 0 saturated heterocycles. The summed E-state index contributed by atoms with van der Waals surface area (Å²) in [7, 11) is 0. The van der Waals surface area contributed by atoms with Crippen LogP contribution in [0.4, 0.5) is 0 Å². The number of carbonyl (C=O) groups is 1. The van der Waals surface area contributed by atoms with Gasteiger partial charge in [-0.2, -0.15) is 4.73 Å². The summed E-state index contributed by atoms with van der Waals surface area (Å²) in [4.78, 5) is 10.7. The Bertz CT molecular complexity index is 579. The second kappa shape index (κ2) is 4.38. The molecule has 1 atom stereocenters. The van der Waals surface area contributed by atoms with Crippen LogP contribution >= 0.6 is 15.9 Å². The number of carboxylic acid groups (broad SMARTS) is 1. The first kappa shape index (κ1) is 11.9. The minimum absolute atomic E-state index is 0.176. The van der Waals surface area contributed by atoms with Crippen molar-refractivity contribution in [2.24, 2.45) is 5.73 Å². The first-order chi connectivity index (χ1) is 8.00. The predicted molar refractivity (Wildman–Crippen MR) is 66.1 cm³/mol. The average Bonchev–Trinajstić information content (AvgIpc) is 2.57. The molecule has 4 N–H and O–H groups in total. The first-order valence-electron chi connectivity index (χ1n) is 4.97. The van der Waals surface area contributed by atoms with E-state index in [0.717, 1.165) is 14.6 Å². The number of fused-ring (bicyclic) bond motifs is 1. The van der Waals surface area contributed by atoms with Gasteiger partial charge in [-0.3, -0.25) is 4.79 Å². The molecule has 2 aromatic rings. The summed E-state index contributed by atoms with van der Waals surface area (Å²) in [5.41, 5.74) is 6.80. The number of nitrogens with zero attached hydrogens (tertiary/aromatic N) is 1. The van der Waals surface area contributed by atoms with E-state index in [1.807, 2.05) is 12.1 Å². The highest BCUT2D eigenvalue weighted by Crippen LogP contribution is 2.28. The molecule has 17 heavy (non-hydrogen) atoms. The molecule has 0 spiro atoms. The highest BCUT2D eigenvalue weighted by molar-refractivity contribution is 9.10. The van der Waals surface area contributed by atoms with E-state index in [2.05, 4.69) is 15.9 Å². The van der Waals surface area contributed by atoms with E-state index >= 15 is 0 Å². The van der Waals surface area contributed by atoms with Gasteiger partial charge in [0.05, 0.1) is 0 Å². The van der Waals surface area contributed by atoms with Crippen LogP contribution in [0.3, 0.4) is 0 Å². The number of benzene rings is 1. The fourth-order valence-corrected chi connectivity index (χ4v) is 2.32. The zero-order chi connectivity index (χ0) is 12.6. The van der Waals surface area contributed by atoms with E-state index < -0.39 is 12.0 Å². The molecule has 1 aromatic heterocycles. The lowest BCUT2D eigenvalue weighted by Crippen LogP contribution is -2.32. The lowest BCUT2D eigenvalue weighted by Gasteiger charge is -2.04. The molecule has 2 rings (SSSR count). The maximum atomic E-state index is 10.7. The van der Waals surface area contributed by atoms with E-state index in [1.165, 1.54) is 6.20 Å². The Balaban J connectivity index is 2.49. The molecule has 0 bridgehead atoms. The molecule has 0 fully saturated rings. The molecule has 0 aliphatic rings. The minimum atomic E-state index is -1.06. The Kier molecular flexibility index (Phi) is 3.08. The fraction of sp³-hybridized carbons (Fsp3) is 0.182. The van der Waals surface area contributed by atoms with E-state index in [0.29, 0.717) is 11.1 Å². The molecule has 90 valence electrons. The van der Waals surface area contributed by atoms with Gasteiger partial charge in [-0.25, -0.2) is 0 Å². The van der Waals surface area contributed by atoms with Crippen molar-refractivity contribution in [3.05, 3.63) is 34.4 Å². The van der Waals surface area contributed by atoms with Gasteiger partial charge in [0.2, 0.25) is 0 Å². The van der Waals surface area contributed by atoms with Crippen molar-refractivity contribution in [2.75, 3.05) is 0 Å². The normalized spacial score (nSPS) is 12.8. The maximum absolute atomic E-state index is 10.7. The van der Waals surface area contributed by atoms with Crippen LogP contribution in [0.1, 0.15) is 5.56 Å². The number of hydrogen-bond donors (Lipinski definition) is 3. The van der Waals surface area contributed by atoms with Crippen LogP contribution in [0.15, 0.2) is 28.9 Å². The molecule has 5 nitrogen and oxygen atoms in total. The molecular formula is C11H11BrN2O3. The number of para-hydroxylation sites is 1. The SMILES string of the molecule is NC(Cc1cn(O)c2c(Br)cccc12)C(=O)O. The Morgan fingerprint density at radius 1 is 1.53 bits per heavy atom. The molecule has 0 aliphatic heterocycles. The van der Waals surface area contributed by atoms with Crippen LogP contribution in [-0.2, 0) is 11.2 Å². The smallest absolute Gasteiger partial charge is 0.320 e. The third-order valence-corrected chi connectivity index (χ3v) is 3.24. The Morgan fingerprint density at radius 3 is 2.88 bits per heavy atom. The number of carboxylic acids is 1. The molecule has 1 aromatic carbocycles. The summed E-state index contributed by atoms with van der Waals surface area (Å²) in [6.45, 7) is 0. The van der Waals surface area contributed by atoms with Crippen LogP contribution < -0.4 is 5.73 Å². The predicted octanol–water partition coefficient (Wildman–Crippen LogP) is 1.60. The third-order valence-electron chi connectivity index (χ3n) is 2.60. The Labute approximate surface area is 106 Å². The summed E-state index contributed by atoms with van der Waals surface area (Å²) in [6, 6.07) is 4.47. The third kappa shape index (κ3) is 2.13. The molecular weight excluding hydrogens is 288 g/mol. The van der Waals surface area contributed by atoms with Crippen molar-refractivity contribution in [1.29, 1.82) is 0 Å². The molecule has 1 heterocycles. The minimum Gasteiger partial charge on any atom is -0.480 e. The van der Waals surface area contributed by atoms with Crippen molar-refractivity contribution < 1.29 is 15.1 Å². The molecule has 0 saturated carbocycles. The summed E-state index contributed by atoms with van der Waals surface area (Å²) >= 11 is 3.33. The molecule has 0 aliphatic carbocycles. The van der Waals surface area contributed by atoms with Gasteiger partial charge in [-0.15, -0.1) is 0 Å². The monoisotopic (exact) mass is 298 g/mol. The van der Waals surface area contributed by atoms with Crippen LogP contribution in [-0.4, -0.2) is 27.1 Å². The molecule has 0 radical (unpaired) electrons. The van der Waals surface area contributed by atoms with E-state index in [1.54, 1.807) is 6.07 Å². The van der Waals surface area contributed by atoms with Gasteiger partial charge in [-0.1, -0.05) is 12.1 Å². The number of aromatic nitrogens is 1. The molecule has 0 amide bonds. The van der Waals surface area contributed by atoms with E-state index in [9.17, 15) is 10.0 Å². The van der Waals surface area contributed by atoms with Crippen LogP contribution in [0.2, 0.25) is 0 Å². The Hall–Kier alpha value is -1.53. The summed E-state index contributed by atoms with van der Waals surface area (Å²) in [5.74, 6) is -1.06. The van der Waals surface area contributed by atoms with Gasteiger partial charge in [-0.05, 0) is 27.6 Å². The maximum Gasteiger partial charge on any atom is 0.320 e. The highest BCUT2D eigenvalue weighted by Gasteiger charge is 2.17. The van der Waals surface area contributed by atoms with Crippen molar-refractivity contribution in [3.63, 3.8) is 0 Å². The lowest BCUT2D eigenvalue weighted by atomic mass is 10.1. The van der Waals surface area contributed by atoms with Gasteiger partial charge >= 0.3 is 5.97 Å². The first-order valence-corrected chi connectivity index (χ1v) is 5.76. The van der Waals surface area contributed by atoms with E-state index in [-0.39, 0.29) is 6.42 Å². The number of hydrogen-bond acceptors (Lipinski definition) is 3. The van der Waals surface area contributed by atoms with Crippen molar-refractivity contribution in [3.8, 4) is 0 Å². The van der Waals surface area contributed by atoms with Crippen molar-refractivity contribution in [1.82, 2.24) is 4.73 Å². The standard InChI is InChI=1S/C11H11BrN2O3/c12-8-3-1-2-7-6(4-9(13)11(15)16)5-14(17)10(7)8/h1-3,5,9,17H,4,13H2,(H,15,16). The number of nitrogens with two attached hydrogens (primary N) is 1. The van der Waals surface area contributed by atoms with Crippen LogP contribution in [0.5, 0.6) is 0 Å². The summed E-state index contributed by atoms with van der Waals surface area (Å²) in [5, 5.41) is 19.3. The van der Waals surface area contributed by atoms with Crippen molar-refractivity contribution in [2.45, 2.75) is 12.5 Å². The number of rotatable bonds is 3. The highest BCUT2D eigenvalue weighted by atomic mass is 79.9. The van der Waals surface area contributed by atoms with Crippen LogP contribution in [0.25, 0.3) is 10.9 Å². The largest absolute Gasteiger partial charge is 0.480 e. The number of aliphatic carboxylic acids is 1. The summed E-state index contributed by atoms with van der Waals surface area (Å²) < 4.78 is 1.72. The summed E-state index contributed by atoms with van der Waals surface area (Å²) in [6.07, 6.45) is 1.66. The topological polar surface area (TPSA) is 88.5 Å². The van der Waals surface area contributed by atoms with Crippen LogP contribution in [0, 0.1) is 0 Å². The quantitative estimate of drug-likeness (QED) is 0.751. The fourth-order valence-electron chi connectivity index (χ4n) is 1.78. The average molecular weight is 299 g/mol. The second-order valence-electron chi connectivity index (χ2n) is 3.78. The Morgan fingerprint density at radius 2 is 2.24 bits per heavy atom.